The van der Waals surface area contributed by atoms with Gasteiger partial charge in [0.15, 0.2) is 0 Å². The van der Waals surface area contributed by atoms with E-state index in [1.54, 1.807) is 7.11 Å². The first-order valence-corrected chi connectivity index (χ1v) is 3.29. The molecular weight excluding hydrogens is 228 g/mol. The topological polar surface area (TPSA) is 9.23 Å². The van der Waals surface area contributed by atoms with Gasteiger partial charge in [0, 0.05) is 0 Å². The molecule has 0 spiro atoms. The molecule has 0 bridgehead atoms. The number of rotatable bonds is 2. The maximum atomic E-state index is 5.03. The normalized spacial score (nSPS) is 7.83. The molecule has 0 heterocycles. The zero-order valence-corrected chi connectivity index (χ0v) is 10.2. The van der Waals surface area contributed by atoms with Crippen molar-refractivity contribution in [3.63, 3.8) is 0 Å². The van der Waals surface area contributed by atoms with E-state index >= 15 is 0 Å². The quantitative estimate of drug-likeness (QED) is 0.460. The molecule has 0 saturated carbocycles. The summed E-state index contributed by atoms with van der Waals surface area (Å²) in [5, 5.41) is 0. The second kappa shape index (κ2) is 7.89. The number of methoxy groups -OCH3 is 1. The Morgan fingerprint density at radius 3 is 2.58 bits per heavy atom. The summed E-state index contributed by atoms with van der Waals surface area (Å²) in [6, 6.07) is 7.93. The minimum Gasteiger partial charge on any atom is -1.00 e. The van der Waals surface area contributed by atoms with E-state index in [9.17, 15) is 0 Å². The van der Waals surface area contributed by atoms with Gasteiger partial charge in [-0.05, 0) is 12.1 Å². The molecular formula is C9H11BrMgO. The number of hydrogen-bond acceptors (Lipinski definition) is 1. The van der Waals surface area contributed by atoms with E-state index in [1.807, 2.05) is 24.3 Å². The van der Waals surface area contributed by atoms with Crippen LogP contribution in [0.2, 0.25) is 0 Å². The van der Waals surface area contributed by atoms with E-state index in [1.165, 1.54) is 5.56 Å². The number of halogens is 1. The van der Waals surface area contributed by atoms with Crippen molar-refractivity contribution in [1.82, 2.24) is 0 Å². The Labute approximate surface area is 100 Å². The maximum absolute atomic E-state index is 5.03. The number of benzene rings is 1. The van der Waals surface area contributed by atoms with Gasteiger partial charge >= 0.3 is 23.1 Å². The third-order valence-electron chi connectivity index (χ3n) is 1.42. The van der Waals surface area contributed by atoms with Crippen LogP contribution >= 0.6 is 0 Å². The standard InChI is InChI=1S/C9H11O.BrH.Mg/c1-3-8-5-4-6-9(7-8)10-2;;/h4-7H,1,3H2,2H3;1H;/q-1;;+2/p-1. The van der Waals surface area contributed by atoms with Crippen molar-refractivity contribution in [2.45, 2.75) is 6.42 Å². The van der Waals surface area contributed by atoms with Crippen LogP contribution in [0, 0.1) is 6.92 Å². The Morgan fingerprint density at radius 2 is 2.08 bits per heavy atom. The molecule has 0 aliphatic carbocycles. The molecule has 0 radical (unpaired) electrons. The summed E-state index contributed by atoms with van der Waals surface area (Å²) in [6.45, 7) is 3.78. The molecule has 1 aromatic carbocycles. The maximum Gasteiger partial charge on any atom is 2.00 e. The van der Waals surface area contributed by atoms with E-state index in [0.29, 0.717) is 0 Å². The van der Waals surface area contributed by atoms with E-state index in [4.69, 9.17) is 4.74 Å². The average Bonchev–Trinajstić information content (AvgIpc) is 2.05. The number of hydrogen-bond donors (Lipinski definition) is 0. The minimum atomic E-state index is 0. The molecule has 0 fully saturated rings. The second-order valence-corrected chi connectivity index (χ2v) is 2.10. The summed E-state index contributed by atoms with van der Waals surface area (Å²) in [4.78, 5) is 0. The minimum absolute atomic E-state index is 0. The van der Waals surface area contributed by atoms with Crippen molar-refractivity contribution in [3.05, 3.63) is 36.8 Å². The largest absolute Gasteiger partial charge is 2.00 e. The molecule has 3 heteroatoms. The van der Waals surface area contributed by atoms with Crippen LogP contribution in [0.3, 0.4) is 0 Å². The molecule has 12 heavy (non-hydrogen) atoms. The van der Waals surface area contributed by atoms with Gasteiger partial charge in [0.2, 0.25) is 0 Å². The summed E-state index contributed by atoms with van der Waals surface area (Å²) in [5.41, 5.74) is 1.21. The van der Waals surface area contributed by atoms with Gasteiger partial charge in [-0.15, -0.1) is 0 Å². The van der Waals surface area contributed by atoms with E-state index < -0.39 is 0 Å². The Morgan fingerprint density at radius 1 is 1.42 bits per heavy atom. The molecule has 0 unspecified atom stereocenters. The van der Waals surface area contributed by atoms with Crippen molar-refractivity contribution in [2.24, 2.45) is 0 Å². The Hall–Kier alpha value is 0.266. The van der Waals surface area contributed by atoms with Crippen LogP contribution in [0.4, 0.5) is 0 Å². The van der Waals surface area contributed by atoms with Gasteiger partial charge in [0.05, 0.1) is 7.11 Å². The Bertz CT molecular complexity index is 196. The van der Waals surface area contributed by atoms with Gasteiger partial charge in [-0.3, -0.25) is 0 Å². The van der Waals surface area contributed by atoms with Crippen LogP contribution in [0.5, 0.6) is 5.75 Å². The first-order chi connectivity index (χ1) is 4.86. The van der Waals surface area contributed by atoms with Gasteiger partial charge in [-0.2, -0.15) is 6.42 Å². The summed E-state index contributed by atoms with van der Waals surface area (Å²) in [5.74, 6) is 0.904. The van der Waals surface area contributed by atoms with Crippen LogP contribution in [-0.4, -0.2) is 30.2 Å². The second-order valence-electron chi connectivity index (χ2n) is 2.10. The fraction of sp³-hybridized carbons (Fsp3) is 0.222. The van der Waals surface area contributed by atoms with E-state index in [2.05, 4.69) is 6.92 Å². The van der Waals surface area contributed by atoms with Crippen LogP contribution < -0.4 is 21.7 Å². The molecule has 0 aliphatic heterocycles. The molecule has 0 aliphatic rings. The third-order valence-corrected chi connectivity index (χ3v) is 1.42. The fourth-order valence-corrected chi connectivity index (χ4v) is 0.828. The molecule has 1 rings (SSSR count). The van der Waals surface area contributed by atoms with Crippen LogP contribution in [-0.2, 0) is 6.42 Å². The van der Waals surface area contributed by atoms with Crippen molar-refractivity contribution < 1.29 is 21.7 Å². The molecule has 0 saturated heterocycles. The van der Waals surface area contributed by atoms with Crippen molar-refractivity contribution in [1.29, 1.82) is 0 Å². The predicted octanol–water partition coefficient (Wildman–Crippen LogP) is -1.31. The molecule has 0 aromatic heterocycles. The Balaban J connectivity index is 0. The summed E-state index contributed by atoms with van der Waals surface area (Å²) in [7, 11) is 1.67. The average molecular weight is 239 g/mol. The SMILES string of the molecule is [Br-].[CH2-]Cc1cccc(OC)c1.[Mg+2]. The van der Waals surface area contributed by atoms with Crippen LogP contribution in [0.25, 0.3) is 0 Å². The van der Waals surface area contributed by atoms with Gasteiger partial charge in [0.25, 0.3) is 0 Å². The predicted molar refractivity (Wildman–Crippen MR) is 47.8 cm³/mol. The van der Waals surface area contributed by atoms with Gasteiger partial charge < -0.3 is 28.6 Å². The fourth-order valence-electron chi connectivity index (χ4n) is 0.828. The van der Waals surface area contributed by atoms with E-state index in [0.717, 1.165) is 12.2 Å². The first-order valence-electron chi connectivity index (χ1n) is 3.29. The molecule has 0 atom stereocenters. The third kappa shape index (κ3) is 4.33. The summed E-state index contributed by atoms with van der Waals surface area (Å²) in [6.07, 6.45) is 0.817. The van der Waals surface area contributed by atoms with Crippen molar-refractivity contribution >= 4 is 23.1 Å². The van der Waals surface area contributed by atoms with Gasteiger partial charge in [0.1, 0.15) is 5.75 Å². The van der Waals surface area contributed by atoms with Gasteiger partial charge in [-0.1, -0.05) is 17.7 Å². The molecule has 1 nitrogen and oxygen atoms in total. The molecule has 0 N–H and O–H groups in total. The first kappa shape index (κ1) is 14.8. The van der Waals surface area contributed by atoms with E-state index in [-0.39, 0.29) is 40.0 Å². The zero-order valence-electron chi connectivity index (χ0n) is 7.22. The van der Waals surface area contributed by atoms with Crippen molar-refractivity contribution in [2.75, 3.05) is 7.11 Å². The van der Waals surface area contributed by atoms with Crippen molar-refractivity contribution in [3.8, 4) is 5.75 Å². The molecule has 1 aromatic rings. The van der Waals surface area contributed by atoms with Crippen LogP contribution in [0.15, 0.2) is 24.3 Å². The van der Waals surface area contributed by atoms with Crippen LogP contribution in [0.1, 0.15) is 5.56 Å². The smallest absolute Gasteiger partial charge is 1.00 e. The molecule has 62 valence electrons. The molecule has 0 amide bonds. The summed E-state index contributed by atoms with van der Waals surface area (Å²) < 4.78 is 5.03. The summed E-state index contributed by atoms with van der Waals surface area (Å²) >= 11 is 0. The number of ether oxygens (including phenoxy) is 1. The Kier molecular flexibility index (Phi) is 9.72. The zero-order chi connectivity index (χ0) is 7.40. The van der Waals surface area contributed by atoms with Gasteiger partial charge in [-0.25, -0.2) is 0 Å². The monoisotopic (exact) mass is 238 g/mol.